The van der Waals surface area contributed by atoms with E-state index in [9.17, 15) is 0 Å². The molecule has 0 N–H and O–H groups in total. The van der Waals surface area contributed by atoms with Crippen LogP contribution in [0, 0.1) is 38.8 Å². The van der Waals surface area contributed by atoms with E-state index in [0.29, 0.717) is 17.4 Å². The minimum atomic E-state index is 0. The average Bonchev–Trinajstić information content (AvgIpc) is 3.63. The monoisotopic (exact) mass is 895 g/mol. The summed E-state index contributed by atoms with van der Waals surface area (Å²) in [6, 6.07) is 33.3. The molecule has 0 saturated carbocycles. The molecule has 0 radical (unpaired) electrons. The molecule has 0 bridgehead atoms. The Labute approximate surface area is 336 Å². The maximum Gasteiger partial charge on any atom is 2.00 e. The zero-order chi connectivity index (χ0) is 37.4. The van der Waals surface area contributed by atoms with Gasteiger partial charge in [-0.3, -0.25) is 4.68 Å². The molecular formula is C48H52N4OPt. The summed E-state index contributed by atoms with van der Waals surface area (Å²) in [5.41, 5.74) is 14.3. The Morgan fingerprint density at radius 3 is 2.20 bits per heavy atom. The summed E-state index contributed by atoms with van der Waals surface area (Å²) in [6.07, 6.45) is 6.78. The van der Waals surface area contributed by atoms with Gasteiger partial charge in [-0.2, -0.15) is 11.2 Å². The van der Waals surface area contributed by atoms with Crippen LogP contribution in [0.4, 0.5) is 0 Å². The third-order valence-electron chi connectivity index (χ3n) is 10.2. The molecule has 3 aromatic heterocycles. The standard InChI is InChI=1S/C48H52N4O.Pt/c1-10-14-42-48(47-33(8)23-32(7)24-34(47)9)44(15-11-2)52(50-42)37-26-36(31(5)6)27-39(28-37)53-38-18-19-41-40-16-12-13-17-43(40)51(45(41)29-38)46-25-35(20-21-49-46)22-30(3)4;/h12-13,16-21,23-27,30-31H,10-11,14-15,22H2,1-9H3;/q-2;+2. The van der Waals surface area contributed by atoms with Crippen LogP contribution in [0.15, 0.2) is 79.0 Å². The number of ether oxygens (including phenoxy) is 1. The van der Waals surface area contributed by atoms with Gasteiger partial charge in [0.1, 0.15) is 5.82 Å². The first-order valence-electron chi connectivity index (χ1n) is 19.4. The molecule has 0 aliphatic rings. The number of benzene rings is 4. The Bertz CT molecular complexity index is 2410. The van der Waals surface area contributed by atoms with Crippen LogP contribution in [0.25, 0.3) is 44.4 Å². The number of fused-ring (bicyclic) bond motifs is 3. The van der Waals surface area contributed by atoms with Crippen LogP contribution < -0.4 is 4.74 Å². The summed E-state index contributed by atoms with van der Waals surface area (Å²) < 4.78 is 11.1. The van der Waals surface area contributed by atoms with Crippen molar-refractivity contribution in [1.82, 2.24) is 19.3 Å². The fourth-order valence-corrected chi connectivity index (χ4v) is 7.97. The predicted octanol–water partition coefficient (Wildman–Crippen LogP) is 12.6. The van der Waals surface area contributed by atoms with Crippen molar-refractivity contribution in [2.75, 3.05) is 0 Å². The van der Waals surface area contributed by atoms with Gasteiger partial charge in [0.15, 0.2) is 0 Å². The number of aryl methyl sites for hydroxylation is 4. The van der Waals surface area contributed by atoms with E-state index in [1.165, 1.54) is 44.6 Å². The number of hydrogen-bond donors (Lipinski definition) is 0. The second kappa shape index (κ2) is 16.5. The van der Waals surface area contributed by atoms with E-state index >= 15 is 0 Å². The molecule has 0 aliphatic carbocycles. The Morgan fingerprint density at radius 1 is 0.759 bits per heavy atom. The van der Waals surface area contributed by atoms with Gasteiger partial charge in [-0.05, 0) is 103 Å². The van der Waals surface area contributed by atoms with Crippen molar-refractivity contribution in [2.45, 2.75) is 100 Å². The largest absolute Gasteiger partial charge is 2.00 e. The molecule has 0 saturated heterocycles. The number of rotatable bonds is 12. The van der Waals surface area contributed by atoms with Gasteiger partial charge in [-0.25, -0.2) is 4.98 Å². The van der Waals surface area contributed by atoms with Gasteiger partial charge in [0, 0.05) is 34.5 Å². The van der Waals surface area contributed by atoms with Gasteiger partial charge in [0.25, 0.3) is 0 Å². The third-order valence-corrected chi connectivity index (χ3v) is 10.2. The summed E-state index contributed by atoms with van der Waals surface area (Å²) >= 11 is 0. The first-order valence-corrected chi connectivity index (χ1v) is 19.4. The van der Waals surface area contributed by atoms with Gasteiger partial charge < -0.3 is 9.30 Å². The van der Waals surface area contributed by atoms with E-state index in [0.717, 1.165) is 71.1 Å². The van der Waals surface area contributed by atoms with E-state index in [-0.39, 0.29) is 27.0 Å². The molecule has 6 heteroatoms. The SMILES string of the molecule is CCCc1nn(-c2[c-]c(Oc3[c-]c4c(cc3)c3ccccc3n4-c3cc(CC(C)C)ccn3)cc(C(C)C)c2)c(CCC)c1-c1c(C)cc(C)cc1C.[Pt+2]. The van der Waals surface area contributed by atoms with Gasteiger partial charge in [0.2, 0.25) is 0 Å². The number of nitrogens with zero attached hydrogens (tertiary/aromatic N) is 4. The summed E-state index contributed by atoms with van der Waals surface area (Å²) in [5.74, 6) is 3.01. The summed E-state index contributed by atoms with van der Waals surface area (Å²) in [4.78, 5) is 4.85. The van der Waals surface area contributed by atoms with Crippen molar-refractivity contribution in [3.63, 3.8) is 0 Å². The van der Waals surface area contributed by atoms with Crippen LogP contribution in [-0.2, 0) is 40.3 Å². The van der Waals surface area contributed by atoms with Gasteiger partial charge in [0.05, 0.1) is 5.69 Å². The van der Waals surface area contributed by atoms with Crippen LogP contribution in [-0.4, -0.2) is 19.3 Å². The first-order chi connectivity index (χ1) is 25.6. The maximum absolute atomic E-state index is 6.74. The molecule has 4 aromatic carbocycles. The predicted molar refractivity (Wildman–Crippen MR) is 220 cm³/mol. The van der Waals surface area contributed by atoms with Crippen molar-refractivity contribution in [1.29, 1.82) is 0 Å². The molecule has 0 atom stereocenters. The van der Waals surface area contributed by atoms with Crippen molar-refractivity contribution >= 4 is 21.8 Å². The van der Waals surface area contributed by atoms with Crippen LogP contribution in [0.5, 0.6) is 11.5 Å². The molecule has 7 rings (SSSR count). The quantitative estimate of drug-likeness (QED) is 0.115. The zero-order valence-electron chi connectivity index (χ0n) is 33.2. The minimum absolute atomic E-state index is 0. The van der Waals surface area contributed by atoms with Crippen molar-refractivity contribution in [3.8, 4) is 34.1 Å². The van der Waals surface area contributed by atoms with Gasteiger partial charge in [-0.1, -0.05) is 95.8 Å². The fraction of sp³-hybridized carbons (Fsp3) is 0.333. The van der Waals surface area contributed by atoms with Crippen molar-refractivity contribution < 1.29 is 25.8 Å². The number of para-hydroxylation sites is 1. The summed E-state index contributed by atoms with van der Waals surface area (Å²) in [6.45, 7) is 20.1. The van der Waals surface area contributed by atoms with E-state index in [2.05, 4.69) is 150 Å². The molecule has 0 amide bonds. The Balaban J connectivity index is 0.00000497. The number of pyridine rings is 1. The molecule has 0 fully saturated rings. The summed E-state index contributed by atoms with van der Waals surface area (Å²) in [7, 11) is 0. The van der Waals surface area contributed by atoms with E-state index in [1.807, 2.05) is 12.3 Å². The second-order valence-electron chi connectivity index (χ2n) is 15.4. The third kappa shape index (κ3) is 7.71. The van der Waals surface area contributed by atoms with Crippen molar-refractivity contribution in [2.24, 2.45) is 5.92 Å². The Morgan fingerprint density at radius 2 is 1.50 bits per heavy atom. The van der Waals surface area contributed by atoms with Gasteiger partial charge >= 0.3 is 21.1 Å². The maximum atomic E-state index is 6.74. The fourth-order valence-electron chi connectivity index (χ4n) is 7.97. The zero-order valence-corrected chi connectivity index (χ0v) is 35.5. The molecule has 0 aliphatic heterocycles. The Hall–Kier alpha value is -4.47. The molecule has 7 aromatic rings. The van der Waals surface area contributed by atoms with E-state index in [4.69, 9.17) is 14.8 Å². The molecule has 0 unspecified atom stereocenters. The number of aromatic nitrogens is 4. The molecule has 0 spiro atoms. The minimum Gasteiger partial charge on any atom is -0.509 e. The van der Waals surface area contributed by atoms with Crippen molar-refractivity contribution in [3.05, 3.63) is 130 Å². The molecule has 280 valence electrons. The smallest absolute Gasteiger partial charge is 0.509 e. The molecule has 3 heterocycles. The molecular weight excluding hydrogens is 844 g/mol. The van der Waals surface area contributed by atoms with Crippen LogP contribution in [0.1, 0.15) is 99.5 Å². The van der Waals surface area contributed by atoms with Crippen LogP contribution in [0.3, 0.4) is 0 Å². The Kier molecular flexibility index (Phi) is 12.0. The number of hydrogen-bond acceptors (Lipinski definition) is 3. The average molecular weight is 896 g/mol. The second-order valence-corrected chi connectivity index (χ2v) is 15.4. The topological polar surface area (TPSA) is 44.9 Å². The van der Waals surface area contributed by atoms with E-state index in [1.54, 1.807) is 0 Å². The normalized spacial score (nSPS) is 11.6. The van der Waals surface area contributed by atoms with Crippen LogP contribution >= 0.6 is 0 Å². The van der Waals surface area contributed by atoms with E-state index < -0.39 is 0 Å². The van der Waals surface area contributed by atoms with Gasteiger partial charge in [-0.15, -0.1) is 41.3 Å². The van der Waals surface area contributed by atoms with Crippen LogP contribution in [0.2, 0.25) is 0 Å². The molecule has 54 heavy (non-hydrogen) atoms. The summed E-state index contributed by atoms with van der Waals surface area (Å²) in [5, 5.41) is 7.64. The molecule has 5 nitrogen and oxygen atoms in total. The first kappa shape index (κ1) is 39.2.